The lowest BCUT2D eigenvalue weighted by Crippen LogP contribution is -2.09. The molecule has 0 radical (unpaired) electrons. The molecule has 5 heteroatoms. The monoisotopic (exact) mass is 290 g/mol. The van der Waals surface area contributed by atoms with Crippen molar-refractivity contribution in [3.63, 3.8) is 0 Å². The van der Waals surface area contributed by atoms with Crippen molar-refractivity contribution in [2.45, 2.75) is 4.21 Å². The van der Waals surface area contributed by atoms with Gasteiger partial charge in [0, 0.05) is 5.39 Å². The van der Waals surface area contributed by atoms with Gasteiger partial charge in [0.2, 0.25) is 5.78 Å². The summed E-state index contributed by atoms with van der Waals surface area (Å²) < 4.78 is 18.1. The molecule has 0 aliphatic heterocycles. The molecule has 0 N–H and O–H groups in total. The molecule has 3 nitrogen and oxygen atoms in total. The van der Waals surface area contributed by atoms with E-state index in [-0.39, 0.29) is 17.3 Å². The third-order valence-electron chi connectivity index (χ3n) is 2.68. The Morgan fingerprint density at radius 2 is 2.05 bits per heavy atom. The Balaban J connectivity index is 1.82. The fourth-order valence-corrected chi connectivity index (χ4v) is 3.75. The first-order valence-electron chi connectivity index (χ1n) is 5.68. The fraction of sp³-hybridized carbons (Fsp3) is 0.0714. The van der Waals surface area contributed by atoms with Gasteiger partial charge in [-0.25, -0.2) is 0 Å². The summed E-state index contributed by atoms with van der Waals surface area (Å²) in [6, 6.07) is 12.7. The molecule has 2 heterocycles. The maximum absolute atomic E-state index is 12.0. The SMILES string of the molecule is O=C(CS(=O)c1cccs1)c1cc2ccccc2o1. The second kappa shape index (κ2) is 5.11. The molecule has 0 amide bonds. The lowest BCUT2D eigenvalue weighted by molar-refractivity contribution is 0.0993. The predicted octanol–water partition coefficient (Wildman–Crippen LogP) is 3.48. The largest absolute Gasteiger partial charge is 0.453 e. The summed E-state index contributed by atoms with van der Waals surface area (Å²) in [5.74, 6) is -0.00519. The van der Waals surface area contributed by atoms with Gasteiger partial charge >= 0.3 is 0 Å². The minimum Gasteiger partial charge on any atom is -0.453 e. The van der Waals surface area contributed by atoms with E-state index in [0.717, 1.165) is 5.39 Å². The van der Waals surface area contributed by atoms with E-state index in [2.05, 4.69) is 0 Å². The van der Waals surface area contributed by atoms with E-state index in [1.54, 1.807) is 12.1 Å². The van der Waals surface area contributed by atoms with Crippen LogP contribution < -0.4 is 0 Å². The van der Waals surface area contributed by atoms with Gasteiger partial charge in [0.1, 0.15) is 5.58 Å². The topological polar surface area (TPSA) is 47.3 Å². The van der Waals surface area contributed by atoms with E-state index in [1.165, 1.54) is 11.3 Å². The van der Waals surface area contributed by atoms with Crippen molar-refractivity contribution >= 4 is 38.9 Å². The first-order chi connectivity index (χ1) is 9.24. The van der Waals surface area contributed by atoms with E-state index in [4.69, 9.17) is 4.42 Å². The molecule has 3 aromatic rings. The first-order valence-corrected chi connectivity index (χ1v) is 7.87. The maximum Gasteiger partial charge on any atom is 0.210 e. The molecular weight excluding hydrogens is 280 g/mol. The summed E-state index contributed by atoms with van der Waals surface area (Å²) in [4.78, 5) is 12.0. The van der Waals surface area contributed by atoms with Gasteiger partial charge in [0.05, 0.1) is 20.8 Å². The quantitative estimate of drug-likeness (QED) is 0.691. The standard InChI is InChI=1S/C14H10O3S2/c15-11(9-19(16)14-6-3-7-18-14)13-8-10-4-1-2-5-12(10)17-13/h1-8H,9H2. The van der Waals surface area contributed by atoms with Crippen molar-refractivity contribution in [2.24, 2.45) is 0 Å². The number of hydrogen-bond donors (Lipinski definition) is 0. The second-order valence-corrected chi connectivity index (χ2v) is 6.62. The number of fused-ring (bicyclic) bond motifs is 1. The van der Waals surface area contributed by atoms with Crippen molar-refractivity contribution in [2.75, 3.05) is 5.75 Å². The van der Waals surface area contributed by atoms with Gasteiger partial charge in [0.25, 0.3) is 0 Å². The first kappa shape index (κ1) is 12.3. The summed E-state index contributed by atoms with van der Waals surface area (Å²) in [6.07, 6.45) is 0. The fourth-order valence-electron chi connectivity index (χ4n) is 1.77. The smallest absolute Gasteiger partial charge is 0.210 e. The highest BCUT2D eigenvalue weighted by Gasteiger charge is 2.16. The number of hydrogen-bond acceptors (Lipinski definition) is 4. The van der Waals surface area contributed by atoms with E-state index >= 15 is 0 Å². The van der Waals surface area contributed by atoms with Crippen molar-refractivity contribution in [3.05, 3.63) is 53.6 Å². The van der Waals surface area contributed by atoms with Crippen LogP contribution in [0.1, 0.15) is 10.6 Å². The average molecular weight is 290 g/mol. The Kier molecular flexibility index (Phi) is 3.31. The van der Waals surface area contributed by atoms with Crippen LogP contribution in [0.15, 0.2) is 56.5 Å². The molecular formula is C14H10O3S2. The number of para-hydroxylation sites is 1. The molecule has 0 saturated carbocycles. The number of benzene rings is 1. The molecule has 1 atom stereocenters. The molecule has 0 spiro atoms. The van der Waals surface area contributed by atoms with E-state index < -0.39 is 10.8 Å². The number of carbonyl (C=O) groups is 1. The van der Waals surface area contributed by atoms with Crippen LogP contribution in [-0.4, -0.2) is 15.7 Å². The Morgan fingerprint density at radius 3 is 2.79 bits per heavy atom. The number of carbonyl (C=O) groups excluding carboxylic acids is 1. The highest BCUT2D eigenvalue weighted by molar-refractivity contribution is 7.88. The van der Waals surface area contributed by atoms with Crippen LogP contribution in [0.4, 0.5) is 0 Å². The highest BCUT2D eigenvalue weighted by atomic mass is 32.2. The Hall–Kier alpha value is -1.72. The van der Waals surface area contributed by atoms with Crippen molar-refractivity contribution in [1.29, 1.82) is 0 Å². The lowest BCUT2D eigenvalue weighted by atomic mass is 10.2. The molecule has 19 heavy (non-hydrogen) atoms. The van der Waals surface area contributed by atoms with Crippen molar-refractivity contribution in [1.82, 2.24) is 0 Å². The predicted molar refractivity (Wildman–Crippen MR) is 76.1 cm³/mol. The van der Waals surface area contributed by atoms with Crippen LogP contribution in [0, 0.1) is 0 Å². The van der Waals surface area contributed by atoms with Crippen LogP contribution >= 0.6 is 11.3 Å². The van der Waals surface area contributed by atoms with Gasteiger partial charge in [-0.15, -0.1) is 11.3 Å². The van der Waals surface area contributed by atoms with Gasteiger partial charge in [-0.1, -0.05) is 24.3 Å². The van der Waals surface area contributed by atoms with Crippen molar-refractivity contribution < 1.29 is 13.4 Å². The molecule has 3 rings (SSSR count). The number of furan rings is 1. The summed E-state index contributed by atoms with van der Waals surface area (Å²) >= 11 is 1.39. The maximum atomic E-state index is 12.0. The summed E-state index contributed by atoms with van der Waals surface area (Å²) in [6.45, 7) is 0. The van der Waals surface area contributed by atoms with Crippen LogP contribution in [0.5, 0.6) is 0 Å². The number of Topliss-reactive ketones (excluding diaryl/α,β-unsaturated/α-hetero) is 1. The van der Waals surface area contributed by atoms with Crippen molar-refractivity contribution in [3.8, 4) is 0 Å². The summed E-state index contributed by atoms with van der Waals surface area (Å²) in [5.41, 5.74) is 0.674. The molecule has 0 saturated heterocycles. The Bertz CT molecular complexity index is 708. The van der Waals surface area contributed by atoms with Gasteiger partial charge in [-0.2, -0.15) is 0 Å². The summed E-state index contributed by atoms with van der Waals surface area (Å²) in [5, 5.41) is 2.73. The zero-order valence-corrected chi connectivity index (χ0v) is 11.5. The second-order valence-electron chi connectivity index (χ2n) is 3.99. The zero-order valence-electron chi connectivity index (χ0n) is 9.87. The van der Waals surface area contributed by atoms with E-state index in [9.17, 15) is 9.00 Å². The van der Waals surface area contributed by atoms with Crippen LogP contribution in [-0.2, 0) is 10.8 Å². The molecule has 2 aromatic heterocycles. The minimum absolute atomic E-state index is 0.0413. The molecule has 0 fully saturated rings. The van der Waals surface area contributed by atoms with Gasteiger partial charge in [-0.3, -0.25) is 9.00 Å². The molecule has 1 unspecified atom stereocenters. The molecule has 1 aromatic carbocycles. The van der Waals surface area contributed by atoms with Crippen LogP contribution in [0.3, 0.4) is 0 Å². The van der Waals surface area contributed by atoms with Crippen LogP contribution in [0.25, 0.3) is 11.0 Å². The number of rotatable bonds is 4. The molecule has 0 aliphatic rings. The van der Waals surface area contributed by atoms with Crippen LogP contribution in [0.2, 0.25) is 0 Å². The van der Waals surface area contributed by atoms with Gasteiger partial charge in [-0.05, 0) is 23.6 Å². The summed E-state index contributed by atoms with van der Waals surface area (Å²) in [7, 11) is -1.30. The molecule has 0 bridgehead atoms. The van der Waals surface area contributed by atoms with E-state index in [1.807, 2.05) is 35.7 Å². The highest BCUT2D eigenvalue weighted by Crippen LogP contribution is 2.20. The average Bonchev–Trinajstić information content (AvgIpc) is 3.07. The molecule has 0 aliphatic carbocycles. The number of thiophene rings is 1. The Labute approximate surface area is 116 Å². The van der Waals surface area contributed by atoms with Gasteiger partial charge in [0.15, 0.2) is 5.76 Å². The molecule has 96 valence electrons. The number of ketones is 1. The van der Waals surface area contributed by atoms with Gasteiger partial charge < -0.3 is 4.42 Å². The van der Waals surface area contributed by atoms with E-state index in [0.29, 0.717) is 9.79 Å². The third-order valence-corrected chi connectivity index (χ3v) is 5.30. The normalized spacial score (nSPS) is 12.6. The Morgan fingerprint density at radius 1 is 1.21 bits per heavy atom. The zero-order chi connectivity index (χ0) is 13.2. The third kappa shape index (κ3) is 2.52. The lowest BCUT2D eigenvalue weighted by Gasteiger charge is -1.96. The minimum atomic E-state index is -1.30.